The Balaban J connectivity index is 1.79. The van der Waals surface area contributed by atoms with Gasteiger partial charge in [-0.3, -0.25) is 0 Å². The maximum Gasteiger partial charge on any atom is 0.150 e. The van der Waals surface area contributed by atoms with Crippen molar-refractivity contribution in [1.29, 1.82) is 0 Å². The minimum atomic E-state index is -2.69. The van der Waals surface area contributed by atoms with E-state index in [-0.39, 0.29) is 0 Å². The second-order valence-electron chi connectivity index (χ2n) is 5.17. The van der Waals surface area contributed by atoms with E-state index in [0.29, 0.717) is 23.5 Å². The molecule has 0 radical (unpaired) electrons. The first-order valence-electron chi connectivity index (χ1n) is 5.97. The summed E-state index contributed by atoms with van der Waals surface area (Å²) in [6.07, 6.45) is 5.92. The molecule has 1 saturated heterocycles. The number of sulfone groups is 1. The second kappa shape index (κ2) is 4.42. The van der Waals surface area contributed by atoms with Gasteiger partial charge >= 0.3 is 0 Å². The summed E-state index contributed by atoms with van der Waals surface area (Å²) >= 11 is 0. The van der Waals surface area contributed by atoms with Gasteiger partial charge in [0.05, 0.1) is 11.5 Å². The van der Waals surface area contributed by atoms with Gasteiger partial charge in [-0.2, -0.15) is 0 Å². The molecular weight excluding hydrogens is 210 g/mol. The van der Waals surface area contributed by atoms with Gasteiger partial charge in [0, 0.05) is 6.04 Å². The van der Waals surface area contributed by atoms with Crippen LogP contribution in [0.2, 0.25) is 0 Å². The van der Waals surface area contributed by atoms with Gasteiger partial charge in [-0.05, 0) is 38.1 Å². The topological polar surface area (TPSA) is 46.2 Å². The molecular formula is C11H21NO2S. The van der Waals surface area contributed by atoms with E-state index in [1.807, 2.05) is 7.05 Å². The van der Waals surface area contributed by atoms with Gasteiger partial charge in [0.15, 0.2) is 9.84 Å². The van der Waals surface area contributed by atoms with Crippen LogP contribution in [0.25, 0.3) is 0 Å². The molecule has 1 saturated carbocycles. The lowest BCUT2D eigenvalue weighted by Crippen LogP contribution is -2.28. The Kier molecular flexibility index (Phi) is 3.36. The summed E-state index contributed by atoms with van der Waals surface area (Å²) in [5.74, 6) is 2.17. The molecule has 0 aromatic heterocycles. The lowest BCUT2D eigenvalue weighted by molar-refractivity contribution is 0.393. The highest BCUT2D eigenvalue weighted by Crippen LogP contribution is 2.35. The molecule has 0 aromatic carbocycles. The van der Waals surface area contributed by atoms with Gasteiger partial charge in [-0.15, -0.1) is 0 Å². The Morgan fingerprint density at radius 2 is 1.87 bits per heavy atom. The van der Waals surface area contributed by atoms with Gasteiger partial charge in [0.1, 0.15) is 0 Å². The number of hydrogen-bond acceptors (Lipinski definition) is 3. The maximum absolute atomic E-state index is 11.3. The Morgan fingerprint density at radius 3 is 2.33 bits per heavy atom. The highest BCUT2D eigenvalue weighted by atomic mass is 32.2. The van der Waals surface area contributed by atoms with Gasteiger partial charge in [0.25, 0.3) is 0 Å². The van der Waals surface area contributed by atoms with Gasteiger partial charge in [0.2, 0.25) is 0 Å². The fraction of sp³-hybridized carbons (Fsp3) is 1.00. The van der Waals surface area contributed by atoms with Gasteiger partial charge < -0.3 is 5.32 Å². The third-order valence-corrected chi connectivity index (χ3v) is 5.50. The van der Waals surface area contributed by atoms with E-state index in [4.69, 9.17) is 0 Å². The van der Waals surface area contributed by atoms with Crippen LogP contribution in [0.1, 0.15) is 32.1 Å². The summed E-state index contributed by atoms with van der Waals surface area (Å²) in [7, 11) is -0.693. The van der Waals surface area contributed by atoms with Crippen molar-refractivity contribution < 1.29 is 8.42 Å². The minimum Gasteiger partial charge on any atom is -0.317 e. The molecule has 0 bridgehead atoms. The molecule has 2 unspecified atom stereocenters. The largest absolute Gasteiger partial charge is 0.317 e. The smallest absolute Gasteiger partial charge is 0.150 e. The van der Waals surface area contributed by atoms with Crippen LogP contribution in [-0.2, 0) is 9.84 Å². The average molecular weight is 231 g/mol. The number of nitrogens with one attached hydrogen (secondary N) is 1. The van der Waals surface area contributed by atoms with Crippen molar-refractivity contribution in [3.05, 3.63) is 0 Å². The van der Waals surface area contributed by atoms with Crippen LogP contribution >= 0.6 is 0 Å². The molecule has 3 nitrogen and oxygen atoms in total. The fourth-order valence-corrected chi connectivity index (χ4v) is 4.43. The molecule has 0 amide bonds. The molecule has 0 aromatic rings. The van der Waals surface area contributed by atoms with E-state index in [1.165, 1.54) is 19.3 Å². The zero-order valence-corrected chi connectivity index (χ0v) is 10.2. The first kappa shape index (κ1) is 11.4. The van der Waals surface area contributed by atoms with Crippen LogP contribution in [0.4, 0.5) is 0 Å². The van der Waals surface area contributed by atoms with Crippen molar-refractivity contribution >= 4 is 9.84 Å². The number of hydrogen-bond donors (Lipinski definition) is 1. The quantitative estimate of drug-likeness (QED) is 0.773. The molecule has 2 rings (SSSR count). The van der Waals surface area contributed by atoms with E-state index < -0.39 is 9.84 Å². The molecule has 88 valence electrons. The summed E-state index contributed by atoms with van der Waals surface area (Å²) in [4.78, 5) is 0. The summed E-state index contributed by atoms with van der Waals surface area (Å²) in [6, 6.07) is 0.538. The highest BCUT2D eigenvalue weighted by Gasteiger charge is 2.31. The van der Waals surface area contributed by atoms with Crippen LogP contribution < -0.4 is 5.32 Å². The molecule has 1 heterocycles. The van der Waals surface area contributed by atoms with Crippen LogP contribution in [0, 0.1) is 11.8 Å². The lowest BCUT2D eigenvalue weighted by Gasteiger charge is -2.19. The van der Waals surface area contributed by atoms with Crippen molar-refractivity contribution in [2.75, 3.05) is 18.6 Å². The fourth-order valence-electron chi connectivity index (χ4n) is 2.55. The second-order valence-corrected chi connectivity index (χ2v) is 7.40. The van der Waals surface area contributed by atoms with Crippen LogP contribution in [0.15, 0.2) is 0 Å². The van der Waals surface area contributed by atoms with E-state index in [2.05, 4.69) is 5.32 Å². The van der Waals surface area contributed by atoms with E-state index in [1.54, 1.807) is 0 Å². The summed E-state index contributed by atoms with van der Waals surface area (Å²) in [5.41, 5.74) is 0. The van der Waals surface area contributed by atoms with Crippen molar-refractivity contribution in [3.63, 3.8) is 0 Å². The van der Waals surface area contributed by atoms with Crippen molar-refractivity contribution in [2.24, 2.45) is 11.8 Å². The predicted octanol–water partition coefficient (Wildman–Crippen LogP) is 1.20. The molecule has 4 heteroatoms. The molecule has 2 aliphatic rings. The van der Waals surface area contributed by atoms with Crippen LogP contribution in [0.3, 0.4) is 0 Å². The number of rotatable bonds is 5. The van der Waals surface area contributed by atoms with Crippen LogP contribution in [-0.4, -0.2) is 33.0 Å². The maximum atomic E-state index is 11.3. The SMILES string of the molecule is CNC(CC1CC1)CC1CCS(=O)(=O)C1. The predicted molar refractivity (Wildman–Crippen MR) is 61.6 cm³/mol. The molecule has 1 N–H and O–H groups in total. The Labute approximate surface area is 92.6 Å². The normalized spacial score (nSPS) is 31.7. The monoisotopic (exact) mass is 231 g/mol. The minimum absolute atomic E-state index is 0.409. The summed E-state index contributed by atoms with van der Waals surface area (Å²) in [5, 5.41) is 3.33. The third kappa shape index (κ3) is 3.45. The molecule has 15 heavy (non-hydrogen) atoms. The first-order valence-corrected chi connectivity index (χ1v) is 7.79. The average Bonchev–Trinajstić information content (AvgIpc) is 2.91. The van der Waals surface area contributed by atoms with Gasteiger partial charge in [-0.1, -0.05) is 12.8 Å². The van der Waals surface area contributed by atoms with E-state index in [9.17, 15) is 8.42 Å². The summed E-state index contributed by atoms with van der Waals surface area (Å²) in [6.45, 7) is 0. The molecule has 2 atom stereocenters. The van der Waals surface area contributed by atoms with E-state index in [0.717, 1.165) is 18.8 Å². The zero-order valence-electron chi connectivity index (χ0n) is 9.41. The van der Waals surface area contributed by atoms with Crippen LogP contribution in [0.5, 0.6) is 0 Å². The first-order chi connectivity index (χ1) is 7.09. The Hall–Kier alpha value is -0.0900. The third-order valence-electron chi connectivity index (χ3n) is 3.67. The van der Waals surface area contributed by atoms with E-state index >= 15 is 0 Å². The Morgan fingerprint density at radius 1 is 1.20 bits per heavy atom. The lowest BCUT2D eigenvalue weighted by atomic mass is 9.96. The standard InChI is InChI=1S/C11H21NO2S/c1-12-11(6-9-2-3-9)7-10-4-5-15(13,14)8-10/h9-12H,2-8H2,1H3. The summed E-state index contributed by atoms with van der Waals surface area (Å²) < 4.78 is 22.6. The zero-order chi connectivity index (χ0) is 10.9. The molecule has 1 aliphatic carbocycles. The molecule has 1 aliphatic heterocycles. The van der Waals surface area contributed by atoms with Gasteiger partial charge in [-0.25, -0.2) is 8.42 Å². The molecule has 2 fully saturated rings. The van der Waals surface area contributed by atoms with Crippen molar-refractivity contribution in [1.82, 2.24) is 5.32 Å². The Bertz CT molecular complexity index is 309. The highest BCUT2D eigenvalue weighted by molar-refractivity contribution is 7.91. The van der Waals surface area contributed by atoms with Crippen molar-refractivity contribution in [2.45, 2.75) is 38.1 Å². The van der Waals surface area contributed by atoms with Crippen molar-refractivity contribution in [3.8, 4) is 0 Å². The molecule has 0 spiro atoms.